The van der Waals surface area contributed by atoms with Gasteiger partial charge in [0, 0.05) is 53.9 Å². The highest BCUT2D eigenvalue weighted by molar-refractivity contribution is 5.92. The van der Waals surface area contributed by atoms with Crippen LogP contribution < -0.4 is 21.7 Å². The molecule has 28 heavy (non-hydrogen) atoms. The molecular weight excluding hydrogens is 352 g/mol. The van der Waals surface area contributed by atoms with Gasteiger partial charge in [0.25, 0.3) is 0 Å². The molecule has 6 nitrogen and oxygen atoms in total. The lowest BCUT2D eigenvalue weighted by molar-refractivity contribution is -0.120. The van der Waals surface area contributed by atoms with Gasteiger partial charge in [-0.25, -0.2) is 0 Å². The summed E-state index contributed by atoms with van der Waals surface area (Å²) < 4.78 is 0. The van der Waals surface area contributed by atoms with Gasteiger partial charge in [0.2, 0.25) is 5.91 Å². The summed E-state index contributed by atoms with van der Waals surface area (Å²) in [5, 5.41) is 19.3. The molecule has 2 aromatic carbocycles. The fraction of sp³-hybridized carbons (Fsp3) is 0.409. The Labute approximate surface area is 167 Å². The number of anilines is 4. The number of rotatable bonds is 11. The maximum absolute atomic E-state index is 12.6. The predicted octanol–water partition coefficient (Wildman–Crippen LogP) is 4.65. The Balaban J connectivity index is 1.85. The van der Waals surface area contributed by atoms with Crippen molar-refractivity contribution in [3.8, 4) is 5.75 Å². The lowest BCUT2D eigenvalue weighted by Gasteiger charge is -2.17. The molecule has 0 heterocycles. The minimum Gasteiger partial charge on any atom is -0.508 e. The van der Waals surface area contributed by atoms with Crippen LogP contribution >= 0.6 is 0 Å². The Morgan fingerprint density at radius 2 is 1.79 bits per heavy atom. The zero-order valence-electron chi connectivity index (χ0n) is 16.8. The normalized spacial score (nSPS) is 11.6. The first kappa shape index (κ1) is 21.4. The Morgan fingerprint density at radius 1 is 1.04 bits per heavy atom. The molecule has 0 aliphatic heterocycles. The first-order valence-corrected chi connectivity index (χ1v) is 10.00. The highest BCUT2D eigenvalue weighted by Gasteiger charge is 2.17. The van der Waals surface area contributed by atoms with Crippen molar-refractivity contribution in [2.45, 2.75) is 39.5 Å². The second-order valence-corrected chi connectivity index (χ2v) is 6.97. The predicted molar refractivity (Wildman–Crippen MR) is 118 cm³/mol. The summed E-state index contributed by atoms with van der Waals surface area (Å²) in [7, 11) is 0. The second-order valence-electron chi connectivity index (χ2n) is 6.97. The molecule has 0 radical (unpaired) electrons. The zero-order chi connectivity index (χ0) is 20.4. The van der Waals surface area contributed by atoms with E-state index in [1.807, 2.05) is 25.1 Å². The molecule has 152 valence electrons. The molecule has 1 amide bonds. The number of hydrogen-bond acceptors (Lipinski definition) is 5. The first-order chi connectivity index (χ1) is 13.5. The van der Waals surface area contributed by atoms with Crippen LogP contribution in [0.4, 0.5) is 22.7 Å². The molecule has 0 saturated heterocycles. The summed E-state index contributed by atoms with van der Waals surface area (Å²) in [4.78, 5) is 12.6. The van der Waals surface area contributed by atoms with E-state index in [9.17, 15) is 9.90 Å². The molecule has 6 heteroatoms. The van der Waals surface area contributed by atoms with Crippen LogP contribution in [0.15, 0.2) is 42.5 Å². The summed E-state index contributed by atoms with van der Waals surface area (Å²) in [6, 6.07) is 12.6. The molecular formula is C22H32N4O2. The molecule has 2 aromatic rings. The van der Waals surface area contributed by atoms with Gasteiger partial charge < -0.3 is 26.8 Å². The number of nitrogen functional groups attached to an aromatic ring is 1. The van der Waals surface area contributed by atoms with Crippen LogP contribution in [0.25, 0.3) is 0 Å². The number of aromatic hydroxyl groups is 1. The van der Waals surface area contributed by atoms with Gasteiger partial charge in [-0.3, -0.25) is 4.79 Å². The topological polar surface area (TPSA) is 99.4 Å². The molecule has 1 atom stereocenters. The standard InChI is InChI=1S/C22H32N4O2/c1-3-7-16(22(28)26-18-10-5-9-17(23)12-18)8-6-11-25-20-13-19(24-4-2)14-21(27)15-20/h5,9-10,12-16,24-25,27H,3-4,6-8,11,23H2,1-2H3,(H,26,28). The van der Waals surface area contributed by atoms with E-state index in [4.69, 9.17) is 5.73 Å². The number of nitrogens with two attached hydrogens (primary N) is 1. The van der Waals surface area contributed by atoms with Gasteiger partial charge >= 0.3 is 0 Å². The van der Waals surface area contributed by atoms with E-state index in [1.54, 1.807) is 24.3 Å². The third-order valence-electron chi connectivity index (χ3n) is 4.52. The summed E-state index contributed by atoms with van der Waals surface area (Å²) in [6.07, 6.45) is 3.47. The largest absolute Gasteiger partial charge is 0.508 e. The van der Waals surface area contributed by atoms with Crippen molar-refractivity contribution in [3.63, 3.8) is 0 Å². The number of hydrogen-bond donors (Lipinski definition) is 5. The second kappa shape index (κ2) is 11.1. The quantitative estimate of drug-likeness (QED) is 0.287. The van der Waals surface area contributed by atoms with Crippen LogP contribution in [-0.2, 0) is 4.79 Å². The molecule has 6 N–H and O–H groups in total. The Morgan fingerprint density at radius 3 is 2.46 bits per heavy atom. The van der Waals surface area contributed by atoms with E-state index >= 15 is 0 Å². The van der Waals surface area contributed by atoms with Gasteiger partial charge in [0.15, 0.2) is 0 Å². The number of carbonyl (C=O) groups excluding carboxylic acids is 1. The molecule has 0 saturated carbocycles. The molecule has 2 rings (SSSR count). The number of amides is 1. The molecule has 0 aliphatic rings. The number of carbonyl (C=O) groups is 1. The van der Waals surface area contributed by atoms with Crippen LogP contribution in [0.5, 0.6) is 5.75 Å². The van der Waals surface area contributed by atoms with Crippen molar-refractivity contribution in [3.05, 3.63) is 42.5 Å². The van der Waals surface area contributed by atoms with Crippen LogP contribution in [0.1, 0.15) is 39.5 Å². The van der Waals surface area contributed by atoms with Crippen LogP contribution in [0, 0.1) is 5.92 Å². The molecule has 0 aliphatic carbocycles. The van der Waals surface area contributed by atoms with Crippen molar-refractivity contribution >= 4 is 28.7 Å². The number of benzene rings is 2. The molecule has 0 aromatic heterocycles. The summed E-state index contributed by atoms with van der Waals surface area (Å²) in [5.74, 6) is 0.236. The Hall–Kier alpha value is -2.89. The van der Waals surface area contributed by atoms with Gasteiger partial charge in [-0.2, -0.15) is 0 Å². The number of nitrogens with one attached hydrogen (secondary N) is 3. The maximum atomic E-state index is 12.6. The van der Waals surface area contributed by atoms with Gasteiger partial charge in [-0.1, -0.05) is 19.4 Å². The van der Waals surface area contributed by atoms with Gasteiger partial charge in [0.1, 0.15) is 5.75 Å². The molecule has 1 unspecified atom stereocenters. The SMILES string of the molecule is CCCC(CCCNc1cc(O)cc(NCC)c1)C(=O)Nc1cccc(N)c1. The third-order valence-corrected chi connectivity index (χ3v) is 4.52. The average Bonchev–Trinajstić information content (AvgIpc) is 2.64. The minimum absolute atomic E-state index is 0.0327. The van der Waals surface area contributed by atoms with E-state index in [2.05, 4.69) is 22.9 Å². The van der Waals surface area contributed by atoms with Crippen molar-refractivity contribution in [2.24, 2.45) is 5.92 Å². The van der Waals surface area contributed by atoms with Crippen LogP contribution in [0.2, 0.25) is 0 Å². The molecule has 0 fully saturated rings. The lowest BCUT2D eigenvalue weighted by atomic mass is 9.96. The minimum atomic E-state index is -0.0327. The van der Waals surface area contributed by atoms with Gasteiger partial charge in [-0.05, 0) is 50.5 Å². The fourth-order valence-electron chi connectivity index (χ4n) is 3.22. The van der Waals surface area contributed by atoms with E-state index in [-0.39, 0.29) is 17.6 Å². The van der Waals surface area contributed by atoms with Gasteiger partial charge in [0.05, 0.1) is 0 Å². The highest BCUT2D eigenvalue weighted by atomic mass is 16.3. The zero-order valence-corrected chi connectivity index (χ0v) is 16.8. The average molecular weight is 385 g/mol. The fourth-order valence-corrected chi connectivity index (χ4v) is 3.22. The van der Waals surface area contributed by atoms with Crippen molar-refractivity contribution in [1.29, 1.82) is 0 Å². The monoisotopic (exact) mass is 384 g/mol. The lowest BCUT2D eigenvalue weighted by Crippen LogP contribution is -2.23. The van der Waals surface area contributed by atoms with E-state index < -0.39 is 0 Å². The maximum Gasteiger partial charge on any atom is 0.227 e. The summed E-state index contributed by atoms with van der Waals surface area (Å²) in [5.41, 5.74) is 8.91. The van der Waals surface area contributed by atoms with Crippen LogP contribution in [-0.4, -0.2) is 24.1 Å². The van der Waals surface area contributed by atoms with E-state index in [1.165, 1.54) is 0 Å². The molecule has 0 bridgehead atoms. The number of phenols is 1. The van der Waals surface area contributed by atoms with E-state index in [0.29, 0.717) is 5.69 Å². The third kappa shape index (κ3) is 7.02. The Kier molecular flexibility index (Phi) is 8.46. The Bertz CT molecular complexity index is 764. The first-order valence-electron chi connectivity index (χ1n) is 10.00. The summed E-state index contributed by atoms with van der Waals surface area (Å²) >= 11 is 0. The van der Waals surface area contributed by atoms with Crippen molar-refractivity contribution < 1.29 is 9.90 Å². The summed E-state index contributed by atoms with van der Waals surface area (Å²) in [6.45, 7) is 5.64. The van der Waals surface area contributed by atoms with Gasteiger partial charge in [-0.15, -0.1) is 0 Å². The van der Waals surface area contributed by atoms with Crippen molar-refractivity contribution in [1.82, 2.24) is 0 Å². The van der Waals surface area contributed by atoms with Crippen molar-refractivity contribution in [2.75, 3.05) is 34.8 Å². The molecule has 0 spiro atoms. The van der Waals surface area contributed by atoms with E-state index in [0.717, 1.165) is 55.8 Å². The number of phenolic OH excluding ortho intramolecular Hbond substituents is 1. The smallest absolute Gasteiger partial charge is 0.227 e. The van der Waals surface area contributed by atoms with Crippen LogP contribution in [0.3, 0.4) is 0 Å². The highest BCUT2D eigenvalue weighted by Crippen LogP contribution is 2.24.